The highest BCUT2D eigenvalue weighted by Gasteiger charge is 2.30. The second-order valence-corrected chi connectivity index (χ2v) is 11.2. The Hall–Kier alpha value is -3.53. The van der Waals surface area contributed by atoms with Crippen LogP contribution in [0.1, 0.15) is 30.4 Å². The first-order valence-corrected chi connectivity index (χ1v) is 14.3. The number of carbonyl (C=O) groups is 1. The monoisotopic (exact) mass is 552 g/mol. The van der Waals surface area contributed by atoms with Gasteiger partial charge in [-0.05, 0) is 61.5 Å². The van der Waals surface area contributed by atoms with E-state index in [0.717, 1.165) is 5.39 Å². The first kappa shape index (κ1) is 28.5. The van der Waals surface area contributed by atoms with Gasteiger partial charge < -0.3 is 14.1 Å². The van der Waals surface area contributed by atoms with E-state index in [-0.39, 0.29) is 36.9 Å². The SMILES string of the molecule is CCOCCCN(CC(=O)N(Cc1ccc(F)cc1)Cc1ccc(C)o1)S(=O)(=O)c1cccc2ccccc12. The van der Waals surface area contributed by atoms with Gasteiger partial charge in [0.25, 0.3) is 0 Å². The van der Waals surface area contributed by atoms with Crippen molar-refractivity contribution in [2.45, 2.75) is 38.3 Å². The van der Waals surface area contributed by atoms with Crippen LogP contribution in [0.4, 0.5) is 4.39 Å². The third kappa shape index (κ3) is 7.32. The van der Waals surface area contributed by atoms with Crippen LogP contribution >= 0.6 is 0 Å². The van der Waals surface area contributed by atoms with Gasteiger partial charge in [0.05, 0.1) is 18.0 Å². The number of carbonyl (C=O) groups excluding carboxylic acids is 1. The molecule has 0 saturated heterocycles. The van der Waals surface area contributed by atoms with Crippen LogP contribution in [0.15, 0.2) is 88.2 Å². The molecular formula is C30H33FN2O5S. The van der Waals surface area contributed by atoms with Crippen molar-refractivity contribution >= 4 is 26.7 Å². The molecule has 9 heteroatoms. The predicted molar refractivity (Wildman–Crippen MR) is 148 cm³/mol. The maximum absolute atomic E-state index is 14.0. The van der Waals surface area contributed by atoms with Crippen LogP contribution in [-0.2, 0) is 32.6 Å². The highest BCUT2D eigenvalue weighted by molar-refractivity contribution is 7.89. The molecule has 0 radical (unpaired) electrons. The number of hydrogen-bond donors (Lipinski definition) is 0. The van der Waals surface area contributed by atoms with Crippen LogP contribution in [0, 0.1) is 12.7 Å². The maximum atomic E-state index is 14.0. The number of fused-ring (bicyclic) bond motifs is 1. The number of sulfonamides is 1. The van der Waals surface area contributed by atoms with Gasteiger partial charge in [0.2, 0.25) is 15.9 Å². The Balaban J connectivity index is 1.64. The molecule has 0 aliphatic rings. The Bertz CT molecular complexity index is 1500. The highest BCUT2D eigenvalue weighted by Crippen LogP contribution is 2.26. The van der Waals surface area contributed by atoms with Crippen molar-refractivity contribution in [3.05, 3.63) is 102 Å². The smallest absolute Gasteiger partial charge is 0.244 e. The van der Waals surface area contributed by atoms with Gasteiger partial charge in [-0.2, -0.15) is 4.31 Å². The largest absolute Gasteiger partial charge is 0.464 e. The molecule has 206 valence electrons. The van der Waals surface area contributed by atoms with E-state index in [1.54, 1.807) is 48.5 Å². The Morgan fingerprint density at radius 3 is 2.41 bits per heavy atom. The molecule has 0 saturated carbocycles. The van der Waals surface area contributed by atoms with Crippen LogP contribution < -0.4 is 0 Å². The quantitative estimate of drug-likeness (QED) is 0.204. The fourth-order valence-corrected chi connectivity index (χ4v) is 6.03. The van der Waals surface area contributed by atoms with Crippen molar-refractivity contribution in [2.24, 2.45) is 0 Å². The Kier molecular flexibility index (Phi) is 9.50. The molecule has 4 rings (SSSR count). The van der Waals surface area contributed by atoms with E-state index >= 15 is 0 Å². The van der Waals surface area contributed by atoms with Crippen LogP contribution in [-0.4, -0.2) is 49.8 Å². The molecule has 0 unspecified atom stereocenters. The van der Waals surface area contributed by atoms with E-state index in [2.05, 4.69) is 0 Å². The van der Waals surface area contributed by atoms with Crippen molar-refractivity contribution < 1.29 is 26.8 Å². The summed E-state index contributed by atoms with van der Waals surface area (Å²) < 4.78 is 53.8. The predicted octanol–water partition coefficient (Wildman–Crippen LogP) is 5.53. The minimum Gasteiger partial charge on any atom is -0.464 e. The lowest BCUT2D eigenvalue weighted by Crippen LogP contribution is -2.43. The molecule has 4 aromatic rings. The molecule has 0 fully saturated rings. The standard InChI is InChI=1S/C30H33FN2O5S/c1-3-37-19-7-18-33(39(35,36)29-11-6-9-25-8-4-5-10-28(25)29)22-30(34)32(21-27-17-12-23(2)38-27)20-24-13-15-26(31)16-14-24/h4-6,8-17H,3,7,18-22H2,1-2H3. The van der Waals surface area contributed by atoms with Gasteiger partial charge >= 0.3 is 0 Å². The summed E-state index contributed by atoms with van der Waals surface area (Å²) >= 11 is 0. The van der Waals surface area contributed by atoms with Gasteiger partial charge in [-0.25, -0.2) is 12.8 Å². The number of amides is 1. The summed E-state index contributed by atoms with van der Waals surface area (Å²) in [4.78, 5) is 15.4. The Labute approximate surface area is 228 Å². The number of rotatable bonds is 13. The van der Waals surface area contributed by atoms with Crippen LogP contribution in [0.2, 0.25) is 0 Å². The lowest BCUT2D eigenvalue weighted by molar-refractivity contribution is -0.133. The van der Waals surface area contributed by atoms with Gasteiger partial charge in [-0.3, -0.25) is 4.79 Å². The van der Waals surface area contributed by atoms with Gasteiger partial charge in [0.15, 0.2) is 0 Å². The third-order valence-electron chi connectivity index (χ3n) is 6.36. The van der Waals surface area contributed by atoms with Crippen molar-refractivity contribution in [2.75, 3.05) is 26.3 Å². The molecule has 3 aromatic carbocycles. The van der Waals surface area contributed by atoms with E-state index < -0.39 is 15.9 Å². The summed E-state index contributed by atoms with van der Waals surface area (Å²) in [6.45, 7) is 4.63. The lowest BCUT2D eigenvalue weighted by atomic mass is 10.1. The minimum atomic E-state index is -4.03. The molecule has 0 aliphatic heterocycles. The van der Waals surface area contributed by atoms with Crippen LogP contribution in [0.3, 0.4) is 0 Å². The molecule has 0 bridgehead atoms. The van der Waals surface area contributed by atoms with E-state index in [1.807, 2.05) is 32.0 Å². The van der Waals surface area contributed by atoms with E-state index in [0.29, 0.717) is 42.1 Å². The summed E-state index contributed by atoms with van der Waals surface area (Å²) in [6.07, 6.45) is 0.431. The second kappa shape index (κ2) is 13.0. The summed E-state index contributed by atoms with van der Waals surface area (Å²) in [7, 11) is -4.03. The molecule has 39 heavy (non-hydrogen) atoms. The van der Waals surface area contributed by atoms with Crippen molar-refractivity contribution in [3.63, 3.8) is 0 Å². The number of benzene rings is 3. The maximum Gasteiger partial charge on any atom is 0.244 e. The first-order valence-electron chi connectivity index (χ1n) is 12.9. The average molecular weight is 553 g/mol. The number of furan rings is 1. The van der Waals surface area contributed by atoms with Crippen molar-refractivity contribution in [1.82, 2.24) is 9.21 Å². The summed E-state index contributed by atoms with van der Waals surface area (Å²) in [5, 5.41) is 1.39. The van der Waals surface area contributed by atoms with Crippen LogP contribution in [0.25, 0.3) is 10.8 Å². The fourth-order valence-electron chi connectivity index (χ4n) is 4.38. The second-order valence-electron chi connectivity index (χ2n) is 9.25. The van der Waals surface area contributed by atoms with Crippen molar-refractivity contribution in [1.29, 1.82) is 0 Å². The number of ether oxygens (including phenoxy) is 1. The molecular weight excluding hydrogens is 519 g/mol. The molecule has 0 spiro atoms. The summed E-state index contributed by atoms with van der Waals surface area (Å²) in [5.41, 5.74) is 0.716. The van der Waals surface area contributed by atoms with Gasteiger partial charge in [-0.1, -0.05) is 48.5 Å². The third-order valence-corrected chi connectivity index (χ3v) is 8.26. The highest BCUT2D eigenvalue weighted by atomic mass is 32.2. The molecule has 1 aromatic heterocycles. The molecule has 0 aliphatic carbocycles. The topological polar surface area (TPSA) is 80.1 Å². The first-order chi connectivity index (χ1) is 18.8. The van der Waals surface area contributed by atoms with E-state index in [4.69, 9.17) is 9.15 Å². The zero-order chi connectivity index (χ0) is 27.8. The number of halogens is 1. The molecule has 1 heterocycles. The normalized spacial score (nSPS) is 11.8. The molecule has 1 amide bonds. The zero-order valence-corrected chi connectivity index (χ0v) is 23.0. The molecule has 0 atom stereocenters. The molecule has 7 nitrogen and oxygen atoms in total. The van der Waals surface area contributed by atoms with E-state index in [9.17, 15) is 17.6 Å². The van der Waals surface area contributed by atoms with Gasteiger partial charge in [0, 0.05) is 31.7 Å². The zero-order valence-electron chi connectivity index (χ0n) is 22.2. The number of nitrogens with zero attached hydrogens (tertiary/aromatic N) is 2. The molecule has 0 N–H and O–H groups in total. The summed E-state index contributed by atoms with van der Waals surface area (Å²) in [5.74, 6) is 0.506. The van der Waals surface area contributed by atoms with Gasteiger partial charge in [0.1, 0.15) is 17.3 Å². The number of aryl methyl sites for hydroxylation is 1. The number of hydrogen-bond acceptors (Lipinski definition) is 5. The average Bonchev–Trinajstić information content (AvgIpc) is 3.35. The summed E-state index contributed by atoms with van der Waals surface area (Å²) in [6, 6.07) is 21.9. The van der Waals surface area contributed by atoms with E-state index in [1.165, 1.54) is 21.3 Å². The Morgan fingerprint density at radius 1 is 0.949 bits per heavy atom. The fraction of sp³-hybridized carbons (Fsp3) is 0.300. The van der Waals surface area contributed by atoms with Crippen molar-refractivity contribution in [3.8, 4) is 0 Å². The Morgan fingerprint density at radius 2 is 1.69 bits per heavy atom. The lowest BCUT2D eigenvalue weighted by Gasteiger charge is -2.27. The minimum absolute atomic E-state index is 0.113. The van der Waals surface area contributed by atoms with Gasteiger partial charge in [-0.15, -0.1) is 0 Å². The van der Waals surface area contributed by atoms with Crippen LogP contribution in [0.5, 0.6) is 0 Å².